The summed E-state index contributed by atoms with van der Waals surface area (Å²) in [5.41, 5.74) is 1.12. The smallest absolute Gasteiger partial charge is 0.219 e. The van der Waals surface area contributed by atoms with Crippen LogP contribution in [0.15, 0.2) is 12.5 Å². The number of imidazole rings is 1. The van der Waals surface area contributed by atoms with E-state index in [1.807, 2.05) is 17.4 Å². The number of aromatic nitrogens is 2. The van der Waals surface area contributed by atoms with Crippen molar-refractivity contribution in [2.75, 3.05) is 6.54 Å². The Kier molecular flexibility index (Phi) is 1.60. The SMILES string of the molecule is CC(=O)N1CCn2cncc2C1. The summed E-state index contributed by atoms with van der Waals surface area (Å²) in [6.45, 7) is 3.98. The topological polar surface area (TPSA) is 38.1 Å². The average Bonchev–Trinajstić information content (AvgIpc) is 2.49. The third kappa shape index (κ3) is 1.09. The molecule has 2 heterocycles. The normalized spacial score (nSPS) is 15.9. The predicted octanol–water partition coefficient (Wildman–Crippen LogP) is 0.245. The molecular weight excluding hydrogens is 154 g/mol. The Balaban J connectivity index is 2.20. The van der Waals surface area contributed by atoms with Gasteiger partial charge in [0.1, 0.15) is 0 Å². The molecule has 0 aromatic carbocycles. The van der Waals surface area contributed by atoms with Gasteiger partial charge in [-0.1, -0.05) is 0 Å². The summed E-state index contributed by atoms with van der Waals surface area (Å²) in [5.74, 6) is 0.141. The van der Waals surface area contributed by atoms with Crippen molar-refractivity contribution >= 4 is 5.91 Å². The molecule has 1 aromatic heterocycles. The van der Waals surface area contributed by atoms with Gasteiger partial charge in [-0.25, -0.2) is 4.98 Å². The molecule has 0 aliphatic carbocycles. The lowest BCUT2D eigenvalue weighted by atomic mass is 10.3. The molecule has 0 fully saturated rings. The van der Waals surface area contributed by atoms with Gasteiger partial charge in [0.05, 0.1) is 18.6 Å². The van der Waals surface area contributed by atoms with Crippen LogP contribution in [0.4, 0.5) is 0 Å². The molecular formula is C8H11N3O. The van der Waals surface area contributed by atoms with Crippen LogP contribution in [0.25, 0.3) is 0 Å². The lowest BCUT2D eigenvalue weighted by molar-refractivity contribution is -0.130. The number of fused-ring (bicyclic) bond motifs is 1. The summed E-state index contributed by atoms with van der Waals surface area (Å²) in [4.78, 5) is 16.9. The Morgan fingerprint density at radius 2 is 2.42 bits per heavy atom. The number of hydrogen-bond acceptors (Lipinski definition) is 2. The highest BCUT2D eigenvalue weighted by atomic mass is 16.2. The molecule has 0 unspecified atom stereocenters. The number of amides is 1. The van der Waals surface area contributed by atoms with Crippen LogP contribution in [0.5, 0.6) is 0 Å². The Morgan fingerprint density at radius 3 is 3.17 bits per heavy atom. The first-order chi connectivity index (χ1) is 5.77. The molecule has 1 aliphatic rings. The fourth-order valence-corrected chi connectivity index (χ4v) is 1.45. The summed E-state index contributed by atoms with van der Waals surface area (Å²) in [7, 11) is 0. The van der Waals surface area contributed by atoms with E-state index >= 15 is 0 Å². The van der Waals surface area contributed by atoms with Crippen molar-refractivity contribution in [1.82, 2.24) is 14.5 Å². The fourth-order valence-electron chi connectivity index (χ4n) is 1.45. The zero-order chi connectivity index (χ0) is 8.55. The molecule has 0 spiro atoms. The van der Waals surface area contributed by atoms with Crippen molar-refractivity contribution in [1.29, 1.82) is 0 Å². The maximum atomic E-state index is 11.0. The maximum absolute atomic E-state index is 11.0. The minimum Gasteiger partial charge on any atom is -0.335 e. The van der Waals surface area contributed by atoms with Crippen molar-refractivity contribution in [2.24, 2.45) is 0 Å². The molecule has 0 radical (unpaired) electrons. The zero-order valence-corrected chi connectivity index (χ0v) is 7.03. The van der Waals surface area contributed by atoms with Gasteiger partial charge in [0.2, 0.25) is 5.91 Å². The van der Waals surface area contributed by atoms with Gasteiger partial charge in [0.15, 0.2) is 0 Å². The molecule has 1 amide bonds. The summed E-state index contributed by atoms with van der Waals surface area (Å²) in [6.07, 6.45) is 3.63. The highest BCUT2D eigenvalue weighted by molar-refractivity contribution is 5.73. The number of carbonyl (C=O) groups is 1. The summed E-state index contributed by atoms with van der Waals surface area (Å²) >= 11 is 0. The second-order valence-electron chi connectivity index (χ2n) is 3.02. The van der Waals surface area contributed by atoms with Crippen LogP contribution >= 0.6 is 0 Å². The molecule has 0 bridgehead atoms. The Morgan fingerprint density at radius 1 is 1.58 bits per heavy atom. The molecule has 0 saturated carbocycles. The van der Waals surface area contributed by atoms with Crippen molar-refractivity contribution in [2.45, 2.75) is 20.0 Å². The van der Waals surface area contributed by atoms with Crippen LogP contribution in [0.1, 0.15) is 12.6 Å². The quantitative estimate of drug-likeness (QED) is 0.552. The molecule has 64 valence electrons. The zero-order valence-electron chi connectivity index (χ0n) is 7.03. The van der Waals surface area contributed by atoms with Crippen molar-refractivity contribution in [3.05, 3.63) is 18.2 Å². The second-order valence-corrected chi connectivity index (χ2v) is 3.02. The molecule has 12 heavy (non-hydrogen) atoms. The van der Waals surface area contributed by atoms with Gasteiger partial charge in [-0.2, -0.15) is 0 Å². The van der Waals surface area contributed by atoms with Gasteiger partial charge in [0, 0.05) is 26.2 Å². The number of carbonyl (C=O) groups excluding carboxylic acids is 1. The van der Waals surface area contributed by atoms with Crippen molar-refractivity contribution < 1.29 is 4.79 Å². The van der Waals surface area contributed by atoms with Crippen molar-refractivity contribution in [3.8, 4) is 0 Å². The lowest BCUT2D eigenvalue weighted by Crippen LogP contribution is -2.36. The minimum absolute atomic E-state index is 0.141. The minimum atomic E-state index is 0.141. The standard InChI is InChI=1S/C8H11N3O/c1-7(12)10-2-3-11-6-9-4-8(11)5-10/h4,6H,2-3,5H2,1H3. The average molecular weight is 165 g/mol. The van der Waals surface area contributed by atoms with E-state index in [-0.39, 0.29) is 5.91 Å². The first-order valence-corrected chi connectivity index (χ1v) is 4.02. The van der Waals surface area contributed by atoms with Crippen LogP contribution in [0.3, 0.4) is 0 Å². The first-order valence-electron chi connectivity index (χ1n) is 4.02. The van der Waals surface area contributed by atoms with E-state index in [0.29, 0.717) is 6.54 Å². The van der Waals surface area contributed by atoms with Gasteiger partial charge in [-0.15, -0.1) is 0 Å². The van der Waals surface area contributed by atoms with E-state index in [2.05, 4.69) is 9.55 Å². The van der Waals surface area contributed by atoms with Crippen LogP contribution in [0.2, 0.25) is 0 Å². The van der Waals surface area contributed by atoms with Gasteiger partial charge < -0.3 is 9.47 Å². The highest BCUT2D eigenvalue weighted by Crippen LogP contribution is 2.10. The van der Waals surface area contributed by atoms with Gasteiger partial charge >= 0.3 is 0 Å². The third-order valence-electron chi connectivity index (χ3n) is 2.21. The van der Waals surface area contributed by atoms with Gasteiger partial charge in [-0.05, 0) is 0 Å². The van der Waals surface area contributed by atoms with Gasteiger partial charge in [0.25, 0.3) is 0 Å². The molecule has 1 aromatic rings. The van der Waals surface area contributed by atoms with E-state index in [1.54, 1.807) is 6.92 Å². The van der Waals surface area contributed by atoms with Crippen LogP contribution < -0.4 is 0 Å². The Bertz CT molecular complexity index is 305. The van der Waals surface area contributed by atoms with E-state index in [9.17, 15) is 4.79 Å². The van der Waals surface area contributed by atoms with E-state index in [4.69, 9.17) is 0 Å². The molecule has 4 nitrogen and oxygen atoms in total. The maximum Gasteiger partial charge on any atom is 0.219 e. The molecule has 0 N–H and O–H groups in total. The Hall–Kier alpha value is -1.32. The molecule has 1 aliphatic heterocycles. The van der Waals surface area contributed by atoms with Crippen molar-refractivity contribution in [3.63, 3.8) is 0 Å². The van der Waals surface area contributed by atoms with E-state index in [0.717, 1.165) is 18.8 Å². The summed E-state index contributed by atoms with van der Waals surface area (Å²) in [6, 6.07) is 0. The summed E-state index contributed by atoms with van der Waals surface area (Å²) in [5, 5.41) is 0. The fraction of sp³-hybridized carbons (Fsp3) is 0.500. The predicted molar refractivity (Wildman–Crippen MR) is 43.3 cm³/mol. The number of rotatable bonds is 0. The first kappa shape index (κ1) is 7.34. The van der Waals surface area contributed by atoms with E-state index in [1.165, 1.54) is 0 Å². The Labute approximate surface area is 70.8 Å². The van der Waals surface area contributed by atoms with Gasteiger partial charge in [-0.3, -0.25) is 4.79 Å². The molecule has 0 saturated heterocycles. The summed E-state index contributed by atoms with van der Waals surface area (Å²) < 4.78 is 2.08. The third-order valence-corrected chi connectivity index (χ3v) is 2.21. The van der Waals surface area contributed by atoms with E-state index < -0.39 is 0 Å². The van der Waals surface area contributed by atoms with Crippen LogP contribution in [-0.2, 0) is 17.9 Å². The van der Waals surface area contributed by atoms with Crippen LogP contribution in [-0.4, -0.2) is 26.9 Å². The largest absolute Gasteiger partial charge is 0.335 e. The molecule has 4 heteroatoms. The molecule has 0 atom stereocenters. The monoisotopic (exact) mass is 165 g/mol. The highest BCUT2D eigenvalue weighted by Gasteiger charge is 2.16. The van der Waals surface area contributed by atoms with Crippen LogP contribution in [0, 0.1) is 0 Å². The second kappa shape index (κ2) is 2.62. The number of nitrogens with zero attached hydrogens (tertiary/aromatic N) is 3. The lowest BCUT2D eigenvalue weighted by Gasteiger charge is -2.26. The number of hydrogen-bond donors (Lipinski definition) is 0. The molecule has 2 rings (SSSR count).